The zero-order chi connectivity index (χ0) is 21.4. The number of carbonyl (C=O) groups excluding carboxylic acids is 1. The minimum atomic E-state index is -0.612. The Morgan fingerprint density at radius 1 is 1.00 bits per heavy atom. The molecule has 0 aliphatic heterocycles. The normalized spacial score (nSPS) is 11.1. The van der Waals surface area contributed by atoms with Crippen molar-refractivity contribution in [3.8, 4) is 17.2 Å². The molecule has 0 unspecified atom stereocenters. The Morgan fingerprint density at radius 2 is 1.72 bits per heavy atom. The van der Waals surface area contributed by atoms with Crippen LogP contribution in [0.1, 0.15) is 38.3 Å². The van der Waals surface area contributed by atoms with Crippen molar-refractivity contribution in [3.63, 3.8) is 0 Å². The Bertz CT molecular complexity index is 827. The van der Waals surface area contributed by atoms with Gasteiger partial charge < -0.3 is 18.9 Å². The van der Waals surface area contributed by atoms with Gasteiger partial charge in [0.1, 0.15) is 5.60 Å². The summed E-state index contributed by atoms with van der Waals surface area (Å²) >= 11 is 0. The summed E-state index contributed by atoms with van der Waals surface area (Å²) in [6.45, 7) is 4.95. The molecule has 2 aromatic carbocycles. The Hall–Kier alpha value is -2.76. The van der Waals surface area contributed by atoms with E-state index in [9.17, 15) is 9.18 Å². The third-order valence-electron chi connectivity index (χ3n) is 3.98. The number of halogens is 1. The van der Waals surface area contributed by atoms with E-state index in [0.717, 1.165) is 24.0 Å². The molecule has 0 saturated carbocycles. The van der Waals surface area contributed by atoms with E-state index in [2.05, 4.69) is 0 Å². The summed E-state index contributed by atoms with van der Waals surface area (Å²) in [5.41, 5.74) is 1.30. The molecule has 0 bridgehead atoms. The van der Waals surface area contributed by atoms with Crippen LogP contribution in [0, 0.1) is 12.2 Å². The Kier molecular flexibility index (Phi) is 7.88. The molecule has 0 N–H and O–H groups in total. The smallest absolute Gasteiger partial charge is 0.344 e. The van der Waals surface area contributed by atoms with Crippen molar-refractivity contribution < 1.29 is 28.1 Å². The van der Waals surface area contributed by atoms with E-state index in [1.807, 2.05) is 24.6 Å². The summed E-state index contributed by atoms with van der Waals surface area (Å²) < 4.78 is 35.0. The van der Waals surface area contributed by atoms with E-state index in [0.29, 0.717) is 11.5 Å². The van der Waals surface area contributed by atoms with Crippen LogP contribution >= 0.6 is 0 Å². The van der Waals surface area contributed by atoms with E-state index >= 15 is 0 Å². The second kappa shape index (κ2) is 10.1. The van der Waals surface area contributed by atoms with Crippen molar-refractivity contribution >= 4 is 5.97 Å². The number of hydrogen-bond acceptors (Lipinski definition) is 5. The molecule has 0 spiro atoms. The van der Waals surface area contributed by atoms with Crippen LogP contribution in [0.3, 0.4) is 0 Å². The highest BCUT2D eigenvalue weighted by molar-refractivity contribution is 5.71. The fourth-order valence-corrected chi connectivity index (χ4v) is 2.71. The standard InChI is InChI=1S/C23H28FO5/c1-23(2,3)29-22(25)15-28-20-13-16(9-11-18(20)24)7-6-8-17-10-12-19(26-4)21(14-17)27-5/h7,9-14H,6,8,15H2,1-5H3. The lowest BCUT2D eigenvalue weighted by Gasteiger charge is -2.19. The summed E-state index contributed by atoms with van der Waals surface area (Å²) in [5.74, 6) is 0.330. The molecule has 2 rings (SSSR count). The Morgan fingerprint density at radius 3 is 2.38 bits per heavy atom. The van der Waals surface area contributed by atoms with Gasteiger partial charge in [-0.2, -0.15) is 0 Å². The van der Waals surface area contributed by atoms with Gasteiger partial charge in [0.2, 0.25) is 0 Å². The molecule has 5 nitrogen and oxygen atoms in total. The van der Waals surface area contributed by atoms with E-state index in [1.54, 1.807) is 47.1 Å². The summed E-state index contributed by atoms with van der Waals surface area (Å²) in [6.07, 6.45) is 3.51. The zero-order valence-electron chi connectivity index (χ0n) is 17.6. The first-order chi connectivity index (χ1) is 13.7. The van der Waals surface area contributed by atoms with Crippen molar-refractivity contribution in [1.29, 1.82) is 0 Å². The van der Waals surface area contributed by atoms with E-state index in [1.165, 1.54) is 6.07 Å². The number of hydrogen-bond donors (Lipinski definition) is 0. The molecule has 0 aromatic heterocycles. The largest absolute Gasteiger partial charge is 0.493 e. The van der Waals surface area contributed by atoms with Crippen molar-refractivity contribution in [2.24, 2.45) is 0 Å². The molecule has 0 amide bonds. The van der Waals surface area contributed by atoms with Gasteiger partial charge in [0, 0.05) is 0 Å². The van der Waals surface area contributed by atoms with E-state index in [4.69, 9.17) is 18.9 Å². The first-order valence-corrected chi connectivity index (χ1v) is 9.40. The molecule has 157 valence electrons. The fourth-order valence-electron chi connectivity index (χ4n) is 2.71. The molecule has 0 saturated heterocycles. The average Bonchev–Trinajstić information content (AvgIpc) is 2.66. The molecule has 0 aliphatic rings. The van der Waals surface area contributed by atoms with E-state index < -0.39 is 17.4 Å². The predicted octanol–water partition coefficient (Wildman–Crippen LogP) is 4.75. The molecule has 2 aromatic rings. The first kappa shape index (κ1) is 22.5. The van der Waals surface area contributed by atoms with Crippen LogP contribution in [0.25, 0.3) is 0 Å². The van der Waals surface area contributed by atoms with Crippen molar-refractivity contribution in [2.75, 3.05) is 20.8 Å². The lowest BCUT2D eigenvalue weighted by atomic mass is 10.0. The average molecular weight is 403 g/mol. The van der Waals surface area contributed by atoms with Gasteiger partial charge in [0.25, 0.3) is 0 Å². The van der Waals surface area contributed by atoms with Crippen molar-refractivity contribution in [2.45, 2.75) is 39.2 Å². The quantitative estimate of drug-likeness (QED) is 0.566. The van der Waals surface area contributed by atoms with Gasteiger partial charge in [-0.05, 0) is 75.4 Å². The Labute approximate surface area is 171 Å². The summed E-state index contributed by atoms with van der Waals surface area (Å²) in [5, 5.41) is 0. The van der Waals surface area contributed by atoms with Gasteiger partial charge in [0.15, 0.2) is 29.7 Å². The van der Waals surface area contributed by atoms with Crippen LogP contribution in [0.2, 0.25) is 0 Å². The van der Waals surface area contributed by atoms with Crippen LogP contribution < -0.4 is 14.2 Å². The predicted molar refractivity (Wildman–Crippen MR) is 109 cm³/mol. The number of rotatable bonds is 9. The maximum Gasteiger partial charge on any atom is 0.344 e. The maximum absolute atomic E-state index is 14.0. The van der Waals surface area contributed by atoms with Gasteiger partial charge in [-0.15, -0.1) is 0 Å². The lowest BCUT2D eigenvalue weighted by Crippen LogP contribution is -2.27. The van der Waals surface area contributed by atoms with Crippen molar-refractivity contribution in [3.05, 3.63) is 59.8 Å². The number of ether oxygens (including phenoxy) is 4. The van der Waals surface area contributed by atoms with Crippen LogP contribution in [-0.2, 0) is 16.0 Å². The minimum absolute atomic E-state index is 0.0238. The first-order valence-electron chi connectivity index (χ1n) is 9.40. The molecule has 0 heterocycles. The summed E-state index contributed by atoms with van der Waals surface area (Å²) in [7, 11) is 3.20. The molecule has 29 heavy (non-hydrogen) atoms. The molecule has 1 radical (unpaired) electrons. The van der Waals surface area contributed by atoms with Gasteiger partial charge in [-0.1, -0.05) is 12.1 Å². The van der Waals surface area contributed by atoms with Crippen molar-refractivity contribution in [1.82, 2.24) is 0 Å². The van der Waals surface area contributed by atoms with Gasteiger partial charge in [0.05, 0.1) is 14.2 Å². The monoisotopic (exact) mass is 403 g/mol. The molecule has 0 fully saturated rings. The third kappa shape index (κ3) is 7.29. The fraction of sp³-hybridized carbons (Fsp3) is 0.391. The highest BCUT2D eigenvalue weighted by Gasteiger charge is 2.17. The highest BCUT2D eigenvalue weighted by Crippen LogP contribution is 2.28. The summed E-state index contributed by atoms with van der Waals surface area (Å²) in [4.78, 5) is 11.8. The summed E-state index contributed by atoms with van der Waals surface area (Å²) in [6, 6.07) is 10.4. The lowest BCUT2D eigenvalue weighted by molar-refractivity contribution is -0.157. The van der Waals surface area contributed by atoms with E-state index in [-0.39, 0.29) is 12.4 Å². The van der Waals surface area contributed by atoms with Gasteiger partial charge in [-0.25, -0.2) is 9.18 Å². The molecule has 0 aliphatic carbocycles. The van der Waals surface area contributed by atoms with Gasteiger partial charge >= 0.3 is 5.97 Å². The molecule has 0 atom stereocenters. The van der Waals surface area contributed by atoms with Gasteiger partial charge in [-0.3, -0.25) is 0 Å². The van der Waals surface area contributed by atoms with Crippen LogP contribution in [0.5, 0.6) is 17.2 Å². The number of carbonyl (C=O) groups is 1. The molecular formula is C23H28FO5. The highest BCUT2D eigenvalue weighted by atomic mass is 19.1. The van der Waals surface area contributed by atoms with Crippen LogP contribution in [-0.4, -0.2) is 32.4 Å². The Balaban J connectivity index is 1.92. The molecule has 6 heteroatoms. The second-order valence-electron chi connectivity index (χ2n) is 7.50. The number of aryl methyl sites for hydroxylation is 1. The third-order valence-corrected chi connectivity index (χ3v) is 3.98. The minimum Gasteiger partial charge on any atom is -0.493 e. The maximum atomic E-state index is 14.0. The van der Waals surface area contributed by atoms with Crippen LogP contribution in [0.15, 0.2) is 36.4 Å². The van der Waals surface area contributed by atoms with Crippen LogP contribution in [0.4, 0.5) is 4.39 Å². The number of benzene rings is 2. The molecular weight excluding hydrogens is 375 g/mol. The number of esters is 1. The number of methoxy groups -OCH3 is 2. The second-order valence-corrected chi connectivity index (χ2v) is 7.50. The SMILES string of the molecule is COc1ccc(CC[CH]c2ccc(F)c(OCC(=O)OC(C)(C)C)c2)cc1OC. The topological polar surface area (TPSA) is 54.0 Å². The zero-order valence-corrected chi connectivity index (χ0v) is 17.6.